The summed E-state index contributed by atoms with van der Waals surface area (Å²) < 4.78 is 25.6. The van der Waals surface area contributed by atoms with Gasteiger partial charge in [-0.1, -0.05) is 51.1 Å². The zero-order valence-electron chi connectivity index (χ0n) is 17.4. The van der Waals surface area contributed by atoms with E-state index in [0.717, 1.165) is 34.4 Å². The predicted octanol–water partition coefficient (Wildman–Crippen LogP) is 4.11. The van der Waals surface area contributed by atoms with Crippen molar-refractivity contribution in [3.63, 3.8) is 0 Å². The minimum atomic E-state index is -3.56. The van der Waals surface area contributed by atoms with Gasteiger partial charge in [-0.15, -0.1) is 0 Å². The van der Waals surface area contributed by atoms with Gasteiger partial charge in [-0.05, 0) is 59.6 Å². The van der Waals surface area contributed by atoms with E-state index in [-0.39, 0.29) is 17.1 Å². The highest BCUT2D eigenvalue weighted by Gasteiger charge is 2.28. The topological polar surface area (TPSA) is 54.5 Å². The molecule has 28 heavy (non-hydrogen) atoms. The summed E-state index contributed by atoms with van der Waals surface area (Å²) in [6.07, 6.45) is 0.772. The third kappa shape index (κ3) is 4.30. The van der Waals surface area contributed by atoms with Crippen LogP contribution in [-0.2, 0) is 32.2 Å². The van der Waals surface area contributed by atoms with Gasteiger partial charge in [0, 0.05) is 12.2 Å². The molecule has 0 aliphatic carbocycles. The Kier molecular flexibility index (Phi) is 5.41. The van der Waals surface area contributed by atoms with Crippen LogP contribution in [0.1, 0.15) is 48.6 Å². The van der Waals surface area contributed by atoms with Gasteiger partial charge in [0.2, 0.25) is 5.91 Å². The van der Waals surface area contributed by atoms with Crippen molar-refractivity contribution in [1.29, 1.82) is 0 Å². The van der Waals surface area contributed by atoms with Gasteiger partial charge < -0.3 is 4.90 Å². The van der Waals surface area contributed by atoms with E-state index in [1.54, 1.807) is 4.90 Å². The highest BCUT2D eigenvalue weighted by molar-refractivity contribution is 7.91. The highest BCUT2D eigenvalue weighted by Crippen LogP contribution is 2.29. The molecule has 0 saturated carbocycles. The van der Waals surface area contributed by atoms with Crippen molar-refractivity contribution in [1.82, 2.24) is 0 Å². The van der Waals surface area contributed by atoms with Gasteiger partial charge in [0.05, 0.1) is 5.75 Å². The number of hydrogen-bond acceptors (Lipinski definition) is 3. The van der Waals surface area contributed by atoms with E-state index in [2.05, 4.69) is 32.9 Å². The molecule has 0 spiro atoms. The second-order valence-electron chi connectivity index (χ2n) is 8.79. The first-order valence-corrected chi connectivity index (χ1v) is 11.5. The van der Waals surface area contributed by atoms with E-state index >= 15 is 0 Å². The Hall–Kier alpha value is -2.14. The molecule has 0 aromatic heterocycles. The summed E-state index contributed by atoms with van der Waals surface area (Å²) in [4.78, 5) is 14.3. The van der Waals surface area contributed by atoms with E-state index in [0.29, 0.717) is 6.54 Å². The molecule has 0 bridgehead atoms. The Morgan fingerprint density at radius 1 is 1.07 bits per heavy atom. The van der Waals surface area contributed by atoms with Crippen LogP contribution in [-0.4, -0.2) is 26.6 Å². The molecule has 0 unspecified atom stereocenters. The Labute approximate surface area is 168 Å². The van der Waals surface area contributed by atoms with E-state index in [1.165, 1.54) is 5.56 Å². The summed E-state index contributed by atoms with van der Waals surface area (Å²) in [5.41, 5.74) is 5.87. The SMILES string of the molecule is Cc1cc(C(C)(C)C)cc(C)c1CS(=O)(=O)CC(=O)N1CCc2ccccc21. The first-order chi connectivity index (χ1) is 13.0. The number of sulfone groups is 1. The number of carbonyl (C=O) groups is 1. The molecular formula is C23H29NO3S. The number of amides is 1. The van der Waals surface area contributed by atoms with Crippen LogP contribution in [0.3, 0.4) is 0 Å². The smallest absolute Gasteiger partial charge is 0.242 e. The quantitative estimate of drug-likeness (QED) is 0.778. The van der Waals surface area contributed by atoms with Gasteiger partial charge in [0.1, 0.15) is 5.75 Å². The largest absolute Gasteiger partial charge is 0.311 e. The fourth-order valence-corrected chi connectivity index (χ4v) is 5.32. The number of fused-ring (bicyclic) bond motifs is 1. The van der Waals surface area contributed by atoms with Crippen LogP contribution in [0, 0.1) is 13.8 Å². The fourth-order valence-electron chi connectivity index (χ4n) is 3.79. The standard InChI is InChI=1S/C23H29NO3S/c1-16-12-19(23(3,4)5)13-17(2)20(16)14-28(26,27)15-22(25)24-11-10-18-8-6-7-9-21(18)24/h6-9,12-13H,10-11,14-15H2,1-5H3. The van der Waals surface area contributed by atoms with Gasteiger partial charge in [0.25, 0.3) is 0 Å². The van der Waals surface area contributed by atoms with E-state index in [1.807, 2.05) is 38.1 Å². The lowest BCUT2D eigenvalue weighted by atomic mass is 9.84. The van der Waals surface area contributed by atoms with Gasteiger partial charge in [-0.2, -0.15) is 0 Å². The molecule has 0 atom stereocenters. The number of hydrogen-bond donors (Lipinski definition) is 0. The maximum absolute atomic E-state index is 12.8. The average Bonchev–Trinajstić information content (AvgIpc) is 3.01. The summed E-state index contributed by atoms with van der Waals surface area (Å²) in [5, 5.41) is 0. The molecule has 3 rings (SSSR count). The Bertz CT molecular complexity index is 993. The van der Waals surface area contributed by atoms with Gasteiger partial charge in [-0.3, -0.25) is 4.79 Å². The van der Waals surface area contributed by atoms with Crippen LogP contribution < -0.4 is 4.90 Å². The third-order valence-electron chi connectivity index (χ3n) is 5.46. The molecule has 0 fully saturated rings. The normalized spacial score (nSPS) is 14.2. The maximum Gasteiger partial charge on any atom is 0.242 e. The number of para-hydroxylation sites is 1. The van der Waals surface area contributed by atoms with Crippen molar-refractivity contribution in [3.05, 3.63) is 64.2 Å². The van der Waals surface area contributed by atoms with E-state index < -0.39 is 15.6 Å². The van der Waals surface area contributed by atoms with Crippen molar-refractivity contribution in [2.75, 3.05) is 17.2 Å². The van der Waals surface area contributed by atoms with Crippen molar-refractivity contribution in [2.24, 2.45) is 0 Å². The van der Waals surface area contributed by atoms with Crippen LogP contribution in [0.15, 0.2) is 36.4 Å². The van der Waals surface area contributed by atoms with Crippen molar-refractivity contribution in [3.8, 4) is 0 Å². The molecule has 0 saturated heterocycles. The molecule has 1 aliphatic rings. The summed E-state index contributed by atoms with van der Waals surface area (Å²) in [6, 6.07) is 11.8. The Balaban J connectivity index is 1.79. The molecule has 5 heteroatoms. The zero-order valence-corrected chi connectivity index (χ0v) is 18.2. The van der Waals surface area contributed by atoms with E-state index in [4.69, 9.17) is 0 Å². The molecule has 1 heterocycles. The van der Waals surface area contributed by atoms with Gasteiger partial charge in [0.15, 0.2) is 9.84 Å². The van der Waals surface area contributed by atoms with Crippen LogP contribution >= 0.6 is 0 Å². The molecule has 0 N–H and O–H groups in total. The van der Waals surface area contributed by atoms with Crippen molar-refractivity contribution < 1.29 is 13.2 Å². The van der Waals surface area contributed by atoms with Crippen LogP contribution in [0.5, 0.6) is 0 Å². The monoisotopic (exact) mass is 399 g/mol. The maximum atomic E-state index is 12.8. The first kappa shape index (κ1) is 20.6. The second kappa shape index (κ2) is 7.36. The summed E-state index contributed by atoms with van der Waals surface area (Å²) in [5.74, 6) is -0.899. The number of aryl methyl sites for hydroxylation is 2. The minimum Gasteiger partial charge on any atom is -0.311 e. The molecule has 150 valence electrons. The molecule has 1 amide bonds. The fraction of sp³-hybridized carbons (Fsp3) is 0.435. The van der Waals surface area contributed by atoms with Crippen molar-refractivity contribution in [2.45, 2.75) is 52.2 Å². The summed E-state index contributed by atoms with van der Waals surface area (Å²) >= 11 is 0. The van der Waals surface area contributed by atoms with Gasteiger partial charge >= 0.3 is 0 Å². The second-order valence-corrected chi connectivity index (χ2v) is 10.9. The number of anilines is 1. The highest BCUT2D eigenvalue weighted by atomic mass is 32.2. The minimum absolute atomic E-state index is 0.00599. The van der Waals surface area contributed by atoms with E-state index in [9.17, 15) is 13.2 Å². The number of rotatable bonds is 4. The third-order valence-corrected chi connectivity index (χ3v) is 6.87. The zero-order chi connectivity index (χ0) is 20.7. The Morgan fingerprint density at radius 3 is 2.29 bits per heavy atom. The first-order valence-electron chi connectivity index (χ1n) is 9.67. The van der Waals surface area contributed by atoms with Crippen LogP contribution in [0.2, 0.25) is 0 Å². The molecule has 0 radical (unpaired) electrons. The number of carbonyl (C=O) groups excluding carboxylic acids is 1. The average molecular weight is 400 g/mol. The molecule has 1 aliphatic heterocycles. The van der Waals surface area contributed by atoms with Gasteiger partial charge in [-0.25, -0.2) is 8.42 Å². The predicted molar refractivity (Wildman–Crippen MR) is 115 cm³/mol. The summed E-state index contributed by atoms with van der Waals surface area (Å²) in [6.45, 7) is 10.9. The van der Waals surface area contributed by atoms with Crippen molar-refractivity contribution >= 4 is 21.4 Å². The Morgan fingerprint density at radius 2 is 1.68 bits per heavy atom. The number of benzene rings is 2. The van der Waals surface area contributed by atoms with Crippen LogP contribution in [0.25, 0.3) is 0 Å². The molecular weight excluding hydrogens is 370 g/mol. The molecule has 2 aromatic rings. The summed E-state index contributed by atoms with van der Waals surface area (Å²) in [7, 11) is -3.56. The lowest BCUT2D eigenvalue weighted by Gasteiger charge is -2.22. The molecule has 2 aromatic carbocycles. The lowest BCUT2D eigenvalue weighted by Crippen LogP contribution is -2.34. The van der Waals surface area contributed by atoms with Crippen LogP contribution in [0.4, 0.5) is 5.69 Å². The number of nitrogens with zero attached hydrogens (tertiary/aromatic N) is 1. The lowest BCUT2D eigenvalue weighted by molar-refractivity contribution is -0.116. The molecule has 4 nitrogen and oxygen atoms in total.